The minimum absolute atomic E-state index is 0. The lowest BCUT2D eigenvalue weighted by molar-refractivity contribution is -0.681. The number of rotatable bonds is 5. The van der Waals surface area contributed by atoms with Crippen LogP contribution >= 0.6 is 0 Å². The van der Waals surface area contributed by atoms with E-state index in [2.05, 4.69) is 0 Å². The van der Waals surface area contributed by atoms with E-state index in [1.807, 2.05) is 41.2 Å². The smallest absolute Gasteiger partial charge is 0.227 e. The van der Waals surface area contributed by atoms with Gasteiger partial charge in [-0.05, 0) is 47.9 Å². The third kappa shape index (κ3) is 3.92. The number of carbonyl (C=O) groups is 1. The molecule has 3 aromatic rings. The van der Waals surface area contributed by atoms with Gasteiger partial charge in [-0.25, -0.2) is 0 Å². The number of aromatic nitrogens is 1. The van der Waals surface area contributed by atoms with Crippen LogP contribution in [0.1, 0.15) is 10.4 Å². The Morgan fingerprint density at radius 1 is 0.917 bits per heavy atom. The number of hydrogen-bond donors (Lipinski definition) is 0. The van der Waals surface area contributed by atoms with Gasteiger partial charge in [0.05, 0.1) is 14.2 Å². The van der Waals surface area contributed by atoms with Crippen molar-refractivity contribution in [2.45, 2.75) is 6.54 Å². The molecular formula is C19H18BrNO3. The van der Waals surface area contributed by atoms with E-state index in [1.54, 1.807) is 38.5 Å². The lowest BCUT2D eigenvalue weighted by Crippen LogP contribution is -3.00. The van der Waals surface area contributed by atoms with Crippen molar-refractivity contribution in [3.63, 3.8) is 0 Å². The minimum Gasteiger partial charge on any atom is -1.00 e. The zero-order valence-corrected chi connectivity index (χ0v) is 15.1. The minimum atomic E-state index is 0. The summed E-state index contributed by atoms with van der Waals surface area (Å²) in [5.41, 5.74) is 0.674. The van der Waals surface area contributed by atoms with Crippen LogP contribution in [0.5, 0.6) is 11.5 Å². The Morgan fingerprint density at radius 2 is 1.58 bits per heavy atom. The van der Waals surface area contributed by atoms with Crippen molar-refractivity contribution in [2.75, 3.05) is 14.2 Å². The molecule has 0 spiro atoms. The molecule has 0 atom stereocenters. The second kappa shape index (κ2) is 7.93. The van der Waals surface area contributed by atoms with Crippen LogP contribution in [0.15, 0.2) is 60.9 Å². The molecule has 5 heteroatoms. The molecule has 1 aromatic heterocycles. The molecule has 0 bridgehead atoms. The highest BCUT2D eigenvalue weighted by atomic mass is 79.9. The van der Waals surface area contributed by atoms with E-state index >= 15 is 0 Å². The van der Waals surface area contributed by atoms with Gasteiger partial charge in [0.15, 0.2) is 12.4 Å². The lowest BCUT2D eigenvalue weighted by Gasteiger charge is -2.03. The van der Waals surface area contributed by atoms with Crippen LogP contribution in [-0.4, -0.2) is 20.0 Å². The van der Waals surface area contributed by atoms with E-state index in [9.17, 15) is 4.79 Å². The first-order valence-electron chi connectivity index (χ1n) is 7.34. The highest BCUT2D eigenvalue weighted by molar-refractivity contribution is 5.95. The monoisotopic (exact) mass is 387 g/mol. The molecule has 0 aliphatic rings. The first-order chi connectivity index (χ1) is 11.2. The van der Waals surface area contributed by atoms with Gasteiger partial charge in [-0.3, -0.25) is 4.79 Å². The number of pyridine rings is 1. The maximum absolute atomic E-state index is 12.4. The molecule has 0 radical (unpaired) electrons. The van der Waals surface area contributed by atoms with Gasteiger partial charge in [0.2, 0.25) is 12.3 Å². The van der Waals surface area contributed by atoms with Crippen LogP contribution in [-0.2, 0) is 6.54 Å². The number of ketones is 1. The summed E-state index contributed by atoms with van der Waals surface area (Å²) >= 11 is 0. The van der Waals surface area contributed by atoms with Gasteiger partial charge in [-0.1, -0.05) is 0 Å². The summed E-state index contributed by atoms with van der Waals surface area (Å²) in [6.07, 6.45) is 3.87. The van der Waals surface area contributed by atoms with Crippen LogP contribution in [0.2, 0.25) is 0 Å². The first kappa shape index (κ1) is 17.9. The Kier molecular flexibility index (Phi) is 5.93. The quantitative estimate of drug-likeness (QED) is 0.458. The van der Waals surface area contributed by atoms with Crippen molar-refractivity contribution < 1.29 is 35.8 Å². The second-order valence-electron chi connectivity index (χ2n) is 5.26. The average Bonchev–Trinajstić information content (AvgIpc) is 2.61. The van der Waals surface area contributed by atoms with Gasteiger partial charge >= 0.3 is 0 Å². The molecule has 0 aliphatic heterocycles. The number of Topliss-reactive ketones (excluding diaryl/α,β-unsaturated/α-hetero) is 1. The van der Waals surface area contributed by atoms with E-state index in [-0.39, 0.29) is 22.8 Å². The Labute approximate surface area is 151 Å². The van der Waals surface area contributed by atoms with Crippen LogP contribution < -0.4 is 31.0 Å². The third-order valence-corrected chi connectivity index (χ3v) is 3.78. The molecule has 24 heavy (non-hydrogen) atoms. The molecule has 0 aliphatic carbocycles. The van der Waals surface area contributed by atoms with Crippen molar-refractivity contribution >= 4 is 16.6 Å². The summed E-state index contributed by atoms with van der Waals surface area (Å²) in [5, 5.41) is 2.15. The first-order valence-corrected chi connectivity index (χ1v) is 7.34. The number of ether oxygens (including phenoxy) is 2. The van der Waals surface area contributed by atoms with Crippen molar-refractivity contribution in [3.05, 3.63) is 66.5 Å². The maximum atomic E-state index is 12.4. The maximum Gasteiger partial charge on any atom is 0.227 e. The Bertz CT molecular complexity index is 847. The van der Waals surface area contributed by atoms with Crippen LogP contribution in [0.4, 0.5) is 0 Å². The third-order valence-electron chi connectivity index (χ3n) is 3.78. The predicted octanol–water partition coefficient (Wildman–Crippen LogP) is 0.0314. The van der Waals surface area contributed by atoms with Crippen molar-refractivity contribution in [1.82, 2.24) is 0 Å². The zero-order valence-electron chi connectivity index (χ0n) is 13.5. The fourth-order valence-corrected chi connectivity index (χ4v) is 2.47. The van der Waals surface area contributed by atoms with E-state index in [4.69, 9.17) is 9.47 Å². The largest absolute Gasteiger partial charge is 1.00 e. The van der Waals surface area contributed by atoms with Gasteiger partial charge < -0.3 is 26.5 Å². The summed E-state index contributed by atoms with van der Waals surface area (Å²) in [5.74, 6) is 1.63. The topological polar surface area (TPSA) is 39.4 Å². The van der Waals surface area contributed by atoms with Crippen molar-refractivity contribution in [3.8, 4) is 11.5 Å². The highest BCUT2D eigenvalue weighted by Crippen LogP contribution is 2.19. The number of nitrogens with zero attached hydrogens (tertiary/aromatic N) is 1. The predicted molar refractivity (Wildman–Crippen MR) is 88.0 cm³/mol. The average molecular weight is 388 g/mol. The number of hydrogen-bond acceptors (Lipinski definition) is 3. The number of fused-ring (bicyclic) bond motifs is 1. The SMILES string of the molecule is COc1ccc(C(=O)C[n+]2ccc3cc(OC)ccc3c2)cc1.[Br-]. The molecule has 1 heterocycles. The fraction of sp³-hybridized carbons (Fsp3) is 0.158. The van der Waals surface area contributed by atoms with E-state index in [1.165, 1.54) is 0 Å². The molecule has 0 N–H and O–H groups in total. The summed E-state index contributed by atoms with van der Waals surface area (Å²) in [7, 11) is 3.26. The summed E-state index contributed by atoms with van der Waals surface area (Å²) < 4.78 is 12.2. The van der Waals surface area contributed by atoms with Crippen LogP contribution in [0, 0.1) is 0 Å². The summed E-state index contributed by atoms with van der Waals surface area (Å²) in [6, 6.07) is 15.0. The summed E-state index contributed by atoms with van der Waals surface area (Å²) in [4.78, 5) is 12.4. The number of methoxy groups -OCH3 is 2. The van der Waals surface area contributed by atoms with Gasteiger partial charge in [-0.2, -0.15) is 4.57 Å². The molecule has 0 saturated heterocycles. The van der Waals surface area contributed by atoms with E-state index in [0.717, 1.165) is 22.3 Å². The lowest BCUT2D eigenvalue weighted by atomic mass is 10.1. The molecule has 0 unspecified atom stereocenters. The fourth-order valence-electron chi connectivity index (χ4n) is 2.47. The normalized spacial score (nSPS) is 10.1. The number of carbonyl (C=O) groups excluding carboxylic acids is 1. The van der Waals surface area contributed by atoms with Crippen molar-refractivity contribution in [1.29, 1.82) is 0 Å². The molecule has 0 amide bonds. The van der Waals surface area contributed by atoms with Crippen LogP contribution in [0.3, 0.4) is 0 Å². The molecule has 0 fully saturated rings. The zero-order chi connectivity index (χ0) is 16.2. The van der Waals surface area contributed by atoms with Crippen molar-refractivity contribution in [2.24, 2.45) is 0 Å². The second-order valence-corrected chi connectivity index (χ2v) is 5.26. The standard InChI is InChI=1S/C19H18NO3.BrH/c1-22-17-6-3-14(4-7-17)19(21)13-20-10-9-15-11-18(23-2)8-5-16(15)12-20;/h3-12H,13H2,1-2H3;1H/q+1;/p-1. The molecule has 4 nitrogen and oxygen atoms in total. The van der Waals surface area contributed by atoms with E-state index in [0.29, 0.717) is 12.1 Å². The van der Waals surface area contributed by atoms with E-state index < -0.39 is 0 Å². The molecule has 2 aromatic carbocycles. The Balaban J connectivity index is 0.00000208. The Morgan fingerprint density at radius 3 is 2.25 bits per heavy atom. The number of halogens is 1. The number of benzene rings is 2. The highest BCUT2D eigenvalue weighted by Gasteiger charge is 2.13. The van der Waals surface area contributed by atoms with Gasteiger partial charge in [0.1, 0.15) is 11.5 Å². The van der Waals surface area contributed by atoms with Gasteiger partial charge in [0, 0.05) is 17.0 Å². The van der Waals surface area contributed by atoms with Gasteiger partial charge in [0.25, 0.3) is 0 Å². The Hall–Kier alpha value is -2.40. The summed E-state index contributed by atoms with van der Waals surface area (Å²) in [6.45, 7) is 0.300. The van der Waals surface area contributed by atoms with Gasteiger partial charge in [-0.15, -0.1) is 0 Å². The molecule has 124 valence electrons. The molecule has 3 rings (SSSR count). The molecular weight excluding hydrogens is 370 g/mol. The van der Waals surface area contributed by atoms with Crippen LogP contribution in [0.25, 0.3) is 10.8 Å². The molecule has 0 saturated carbocycles.